The third-order valence-corrected chi connectivity index (χ3v) is 3.50. The number of methoxy groups -OCH3 is 1. The van der Waals surface area contributed by atoms with Gasteiger partial charge in [-0.15, -0.1) is 0 Å². The van der Waals surface area contributed by atoms with Gasteiger partial charge in [0, 0.05) is 23.4 Å². The maximum atomic E-state index is 13.1. The first-order chi connectivity index (χ1) is 9.10. The molecule has 1 aromatic heterocycles. The Morgan fingerprint density at radius 1 is 1.47 bits per heavy atom. The molecular formula is C13H15FIN3O. The molecule has 0 saturated carbocycles. The predicted molar refractivity (Wildman–Crippen MR) is 81.2 cm³/mol. The molecule has 1 N–H and O–H groups in total. The molecule has 19 heavy (non-hydrogen) atoms. The summed E-state index contributed by atoms with van der Waals surface area (Å²) in [6, 6.07) is 4.62. The van der Waals surface area contributed by atoms with Crippen molar-refractivity contribution in [2.45, 2.75) is 13.5 Å². The lowest BCUT2D eigenvalue weighted by molar-refractivity contribution is 0.188. The molecule has 0 radical (unpaired) electrons. The van der Waals surface area contributed by atoms with Gasteiger partial charge in [-0.1, -0.05) is 0 Å². The largest absolute Gasteiger partial charge is 0.383 e. The highest BCUT2D eigenvalue weighted by atomic mass is 127. The lowest BCUT2D eigenvalue weighted by Crippen LogP contribution is -2.07. The Bertz CT molecular complexity index is 571. The van der Waals surface area contributed by atoms with Gasteiger partial charge in [0.2, 0.25) is 5.95 Å². The molecule has 0 aliphatic rings. The van der Waals surface area contributed by atoms with E-state index in [9.17, 15) is 4.39 Å². The minimum absolute atomic E-state index is 0.242. The number of aryl methyl sites for hydroxylation is 1. The number of ether oxygens (including phenoxy) is 1. The van der Waals surface area contributed by atoms with E-state index in [2.05, 4.69) is 32.9 Å². The molecule has 0 aliphatic carbocycles. The molecule has 0 atom stereocenters. The second-order valence-electron chi connectivity index (χ2n) is 4.14. The van der Waals surface area contributed by atoms with E-state index in [1.807, 2.05) is 17.7 Å². The van der Waals surface area contributed by atoms with Crippen LogP contribution in [0.3, 0.4) is 0 Å². The van der Waals surface area contributed by atoms with Gasteiger partial charge in [0.05, 0.1) is 18.0 Å². The zero-order valence-corrected chi connectivity index (χ0v) is 12.9. The Kier molecular flexibility index (Phi) is 4.76. The molecule has 0 amide bonds. The molecule has 1 aromatic carbocycles. The normalized spacial score (nSPS) is 10.7. The average molecular weight is 375 g/mol. The smallest absolute Gasteiger partial charge is 0.207 e. The Morgan fingerprint density at radius 2 is 2.26 bits per heavy atom. The number of hydrogen-bond acceptors (Lipinski definition) is 3. The van der Waals surface area contributed by atoms with E-state index >= 15 is 0 Å². The number of rotatable bonds is 5. The van der Waals surface area contributed by atoms with Crippen LogP contribution in [0.5, 0.6) is 0 Å². The quantitative estimate of drug-likeness (QED) is 0.815. The molecule has 0 fully saturated rings. The summed E-state index contributed by atoms with van der Waals surface area (Å²) in [6.07, 6.45) is 1.96. The van der Waals surface area contributed by atoms with Crippen molar-refractivity contribution in [3.63, 3.8) is 0 Å². The molecular weight excluding hydrogens is 360 g/mol. The summed E-state index contributed by atoms with van der Waals surface area (Å²) in [7, 11) is 1.67. The molecule has 0 spiro atoms. The maximum Gasteiger partial charge on any atom is 0.207 e. The van der Waals surface area contributed by atoms with Gasteiger partial charge in [-0.2, -0.15) is 0 Å². The van der Waals surface area contributed by atoms with Crippen molar-refractivity contribution in [1.82, 2.24) is 9.55 Å². The second-order valence-corrected chi connectivity index (χ2v) is 5.30. The van der Waals surface area contributed by atoms with E-state index in [-0.39, 0.29) is 5.82 Å². The first kappa shape index (κ1) is 14.3. The van der Waals surface area contributed by atoms with Crippen molar-refractivity contribution in [2.75, 3.05) is 19.0 Å². The summed E-state index contributed by atoms with van der Waals surface area (Å²) < 4.78 is 20.9. The summed E-state index contributed by atoms with van der Waals surface area (Å²) in [5, 5.41) is 3.22. The van der Waals surface area contributed by atoms with E-state index in [1.165, 1.54) is 12.1 Å². The molecule has 0 unspecified atom stereocenters. The van der Waals surface area contributed by atoms with Crippen LogP contribution in [0, 0.1) is 16.3 Å². The van der Waals surface area contributed by atoms with Gasteiger partial charge in [0.25, 0.3) is 0 Å². The number of hydrogen-bond donors (Lipinski definition) is 1. The summed E-state index contributed by atoms with van der Waals surface area (Å²) in [5.74, 6) is 0.493. The van der Waals surface area contributed by atoms with Crippen LogP contribution in [-0.4, -0.2) is 23.3 Å². The number of nitrogens with one attached hydrogen (secondary N) is 1. The standard InChI is InChI=1S/C13H15FIN3O/c1-9-8-18(5-6-19-2)13(16-9)17-12-4-3-10(14)7-11(12)15/h3-4,7-8H,5-6H2,1-2H3,(H,16,17). The van der Waals surface area contributed by atoms with Crippen LogP contribution >= 0.6 is 22.6 Å². The number of aromatic nitrogens is 2. The van der Waals surface area contributed by atoms with E-state index in [0.717, 1.165) is 27.4 Å². The van der Waals surface area contributed by atoms with Gasteiger partial charge in [-0.05, 0) is 47.7 Å². The predicted octanol–water partition coefficient (Wildman–Crippen LogP) is 3.33. The highest BCUT2D eigenvalue weighted by molar-refractivity contribution is 14.1. The van der Waals surface area contributed by atoms with Crippen LogP contribution in [0.25, 0.3) is 0 Å². The lowest BCUT2D eigenvalue weighted by Gasteiger charge is -2.10. The monoisotopic (exact) mass is 375 g/mol. The zero-order valence-electron chi connectivity index (χ0n) is 10.8. The number of nitrogens with zero attached hydrogens (tertiary/aromatic N) is 2. The van der Waals surface area contributed by atoms with Crippen molar-refractivity contribution in [3.8, 4) is 0 Å². The van der Waals surface area contributed by atoms with Crippen LogP contribution in [-0.2, 0) is 11.3 Å². The van der Waals surface area contributed by atoms with E-state index in [4.69, 9.17) is 4.74 Å². The first-order valence-electron chi connectivity index (χ1n) is 5.85. The molecule has 102 valence electrons. The molecule has 2 aromatic rings. The SMILES string of the molecule is COCCn1cc(C)nc1Nc1ccc(F)cc1I. The van der Waals surface area contributed by atoms with Crippen molar-refractivity contribution in [3.05, 3.63) is 39.5 Å². The van der Waals surface area contributed by atoms with E-state index < -0.39 is 0 Å². The fraction of sp³-hybridized carbons (Fsp3) is 0.308. The van der Waals surface area contributed by atoms with Crippen LogP contribution in [0.4, 0.5) is 16.0 Å². The summed E-state index contributed by atoms with van der Waals surface area (Å²) in [6.45, 7) is 3.27. The Labute approximate surface area is 125 Å². The molecule has 0 saturated heterocycles. The first-order valence-corrected chi connectivity index (χ1v) is 6.93. The Balaban J connectivity index is 2.22. The van der Waals surface area contributed by atoms with Crippen molar-refractivity contribution < 1.29 is 9.13 Å². The number of halogens is 2. The fourth-order valence-electron chi connectivity index (χ4n) is 1.72. The highest BCUT2D eigenvalue weighted by Crippen LogP contribution is 2.23. The van der Waals surface area contributed by atoms with Gasteiger partial charge >= 0.3 is 0 Å². The average Bonchev–Trinajstić information content (AvgIpc) is 2.70. The van der Waals surface area contributed by atoms with Crippen molar-refractivity contribution in [1.29, 1.82) is 0 Å². The second kappa shape index (κ2) is 6.33. The van der Waals surface area contributed by atoms with Gasteiger partial charge in [0.15, 0.2) is 0 Å². The molecule has 2 rings (SSSR count). The fourth-order valence-corrected chi connectivity index (χ4v) is 2.33. The third kappa shape index (κ3) is 3.66. The molecule has 4 nitrogen and oxygen atoms in total. The minimum Gasteiger partial charge on any atom is -0.383 e. The summed E-state index contributed by atoms with van der Waals surface area (Å²) in [5.41, 5.74) is 1.77. The lowest BCUT2D eigenvalue weighted by atomic mass is 10.3. The van der Waals surface area contributed by atoms with Crippen molar-refractivity contribution in [2.24, 2.45) is 0 Å². The maximum absolute atomic E-state index is 13.1. The van der Waals surface area contributed by atoms with Gasteiger partial charge in [-0.3, -0.25) is 0 Å². The number of benzene rings is 1. The van der Waals surface area contributed by atoms with Crippen LogP contribution in [0.1, 0.15) is 5.69 Å². The topological polar surface area (TPSA) is 39.1 Å². The molecule has 6 heteroatoms. The van der Waals surface area contributed by atoms with E-state index in [0.29, 0.717) is 6.61 Å². The summed E-state index contributed by atoms with van der Waals surface area (Å²) in [4.78, 5) is 4.42. The third-order valence-electron chi connectivity index (χ3n) is 2.61. The van der Waals surface area contributed by atoms with Gasteiger partial charge in [-0.25, -0.2) is 9.37 Å². The Morgan fingerprint density at radius 3 is 2.95 bits per heavy atom. The minimum atomic E-state index is -0.242. The molecule has 0 aliphatic heterocycles. The van der Waals surface area contributed by atoms with Crippen LogP contribution in [0.2, 0.25) is 0 Å². The highest BCUT2D eigenvalue weighted by Gasteiger charge is 2.08. The number of anilines is 2. The van der Waals surface area contributed by atoms with Gasteiger partial charge in [0.1, 0.15) is 5.82 Å². The van der Waals surface area contributed by atoms with E-state index in [1.54, 1.807) is 13.2 Å². The number of imidazole rings is 1. The van der Waals surface area contributed by atoms with Crippen LogP contribution in [0.15, 0.2) is 24.4 Å². The Hall–Kier alpha value is -1.15. The molecule has 0 bridgehead atoms. The van der Waals surface area contributed by atoms with Crippen LogP contribution < -0.4 is 5.32 Å². The summed E-state index contributed by atoms with van der Waals surface area (Å²) >= 11 is 2.10. The zero-order chi connectivity index (χ0) is 13.8. The van der Waals surface area contributed by atoms with Gasteiger partial charge < -0.3 is 14.6 Å². The van der Waals surface area contributed by atoms with Crippen molar-refractivity contribution >= 4 is 34.2 Å². The molecule has 1 heterocycles.